The molecule has 9 heteroatoms. The van der Waals surface area contributed by atoms with Crippen LogP contribution in [0.3, 0.4) is 0 Å². The van der Waals surface area contributed by atoms with Gasteiger partial charge in [0.25, 0.3) is 5.91 Å². The third kappa shape index (κ3) is 4.50. The molecule has 3 aromatic rings. The molecule has 2 aliphatic heterocycles. The van der Waals surface area contributed by atoms with Crippen molar-refractivity contribution in [1.82, 2.24) is 15.2 Å². The van der Waals surface area contributed by atoms with Gasteiger partial charge >= 0.3 is 0 Å². The number of piperazine rings is 1. The molecule has 0 saturated carbocycles. The topological polar surface area (TPSA) is 93.5 Å². The Balaban J connectivity index is 1.51. The molecule has 1 amide bonds. The molecular formula is C28H29FN6O2. The second-order valence-electron chi connectivity index (χ2n) is 9.29. The number of rotatable bonds is 7. The summed E-state index contributed by atoms with van der Waals surface area (Å²) in [6.07, 6.45) is 1.60. The lowest BCUT2D eigenvalue weighted by atomic mass is 9.83. The van der Waals surface area contributed by atoms with Crippen LogP contribution >= 0.6 is 0 Å². The number of ether oxygens (including phenoxy) is 1. The monoisotopic (exact) mass is 500 g/mol. The first kappa shape index (κ1) is 24.7. The summed E-state index contributed by atoms with van der Waals surface area (Å²) in [6, 6.07) is 16.3. The van der Waals surface area contributed by atoms with Crippen LogP contribution in [0.1, 0.15) is 29.2 Å². The molecule has 1 unspecified atom stereocenters. The lowest BCUT2D eigenvalue weighted by Gasteiger charge is -2.34. The Morgan fingerprint density at radius 2 is 1.92 bits per heavy atom. The van der Waals surface area contributed by atoms with E-state index in [2.05, 4.69) is 44.6 Å². The Kier molecular flexibility index (Phi) is 6.78. The molecule has 190 valence electrons. The highest BCUT2D eigenvalue weighted by Gasteiger charge is 2.50. The molecule has 5 rings (SSSR count). The van der Waals surface area contributed by atoms with E-state index >= 15 is 0 Å². The van der Waals surface area contributed by atoms with Gasteiger partial charge in [0.05, 0.1) is 12.2 Å². The van der Waals surface area contributed by atoms with Crippen molar-refractivity contribution in [3.8, 4) is 11.9 Å². The van der Waals surface area contributed by atoms with Gasteiger partial charge in [-0.15, -0.1) is 0 Å². The first-order valence-electron chi connectivity index (χ1n) is 12.4. The third-order valence-electron chi connectivity index (χ3n) is 7.04. The van der Waals surface area contributed by atoms with Crippen molar-refractivity contribution in [2.45, 2.75) is 19.0 Å². The molecule has 0 spiro atoms. The van der Waals surface area contributed by atoms with Crippen LogP contribution in [0.25, 0.3) is 0 Å². The molecule has 2 aromatic carbocycles. The largest absolute Gasteiger partial charge is 0.478 e. The number of carbonyl (C=O) groups is 1. The molecule has 1 saturated heterocycles. The minimum Gasteiger partial charge on any atom is -0.478 e. The van der Waals surface area contributed by atoms with Gasteiger partial charge in [-0.3, -0.25) is 10.1 Å². The molecule has 8 nitrogen and oxygen atoms in total. The number of nitrogens with one attached hydrogen (secondary N) is 2. The lowest BCUT2D eigenvalue weighted by Crippen LogP contribution is -2.49. The van der Waals surface area contributed by atoms with Crippen molar-refractivity contribution < 1.29 is 13.9 Å². The maximum atomic E-state index is 14.5. The van der Waals surface area contributed by atoms with E-state index in [4.69, 9.17) is 4.74 Å². The number of anilines is 2. The zero-order chi connectivity index (χ0) is 26.0. The molecule has 2 aliphatic rings. The molecular weight excluding hydrogens is 471 g/mol. The predicted octanol–water partition coefficient (Wildman–Crippen LogP) is 3.23. The summed E-state index contributed by atoms with van der Waals surface area (Å²) >= 11 is 0. The minimum absolute atomic E-state index is 0.139. The van der Waals surface area contributed by atoms with Gasteiger partial charge in [0.15, 0.2) is 5.54 Å². The average molecular weight is 501 g/mol. The van der Waals surface area contributed by atoms with Crippen LogP contribution in [-0.4, -0.2) is 55.6 Å². The summed E-state index contributed by atoms with van der Waals surface area (Å²) in [6.45, 7) is 6.55. The van der Waals surface area contributed by atoms with Crippen molar-refractivity contribution in [2.24, 2.45) is 0 Å². The fourth-order valence-electron chi connectivity index (χ4n) is 5.00. The Morgan fingerprint density at radius 1 is 1.16 bits per heavy atom. The molecule has 1 atom stereocenters. The van der Waals surface area contributed by atoms with Gasteiger partial charge in [0.1, 0.15) is 11.9 Å². The number of carbonyl (C=O) groups excluding carboxylic acids is 1. The fourth-order valence-corrected chi connectivity index (χ4v) is 5.00. The number of nitrogens with zero attached hydrogens (tertiary/aromatic N) is 4. The van der Waals surface area contributed by atoms with E-state index in [0.29, 0.717) is 35.8 Å². The van der Waals surface area contributed by atoms with Gasteiger partial charge in [-0.2, -0.15) is 5.26 Å². The average Bonchev–Trinajstić information content (AvgIpc) is 3.18. The molecule has 0 bridgehead atoms. The van der Waals surface area contributed by atoms with Crippen molar-refractivity contribution in [3.63, 3.8) is 0 Å². The van der Waals surface area contributed by atoms with Gasteiger partial charge in [0.2, 0.25) is 5.88 Å². The van der Waals surface area contributed by atoms with Crippen LogP contribution < -0.4 is 20.3 Å². The molecule has 37 heavy (non-hydrogen) atoms. The van der Waals surface area contributed by atoms with E-state index in [1.165, 1.54) is 12.1 Å². The van der Waals surface area contributed by atoms with E-state index in [-0.39, 0.29) is 11.5 Å². The number of hydrogen-bond acceptors (Lipinski definition) is 7. The standard InChI is InChI=1S/C28H29FN6O2/c1-3-37-26-22(5-4-10-31-26)28(23-15-20(17-30)24(29)16-25(23)33-27(28)36)32-18-19-6-8-21(9-7-19)35-13-11-34(2)12-14-35/h4-10,15-16,32H,3,11-14,18H2,1-2H3,(H,33,36). The van der Waals surface area contributed by atoms with Crippen LogP contribution in [0.4, 0.5) is 15.8 Å². The fraction of sp³-hybridized carbons (Fsp3) is 0.321. The van der Waals surface area contributed by atoms with Gasteiger partial charge in [0, 0.05) is 61.4 Å². The van der Waals surface area contributed by atoms with Gasteiger partial charge < -0.3 is 19.9 Å². The number of halogens is 1. The zero-order valence-electron chi connectivity index (χ0n) is 20.9. The summed E-state index contributed by atoms with van der Waals surface area (Å²) in [5.41, 5.74) is 1.84. The Labute approximate surface area is 215 Å². The van der Waals surface area contributed by atoms with Crippen molar-refractivity contribution in [1.29, 1.82) is 5.26 Å². The Morgan fingerprint density at radius 3 is 2.62 bits per heavy atom. The number of aromatic nitrogens is 1. The highest BCUT2D eigenvalue weighted by Crippen LogP contribution is 2.44. The number of amides is 1. The Bertz CT molecular complexity index is 1350. The Hall–Kier alpha value is -4.00. The second kappa shape index (κ2) is 10.2. The highest BCUT2D eigenvalue weighted by molar-refractivity contribution is 6.08. The zero-order valence-corrected chi connectivity index (χ0v) is 20.9. The second-order valence-corrected chi connectivity index (χ2v) is 9.29. The number of pyridine rings is 1. The van der Waals surface area contributed by atoms with Gasteiger partial charge in [-0.05, 0) is 55.9 Å². The number of benzene rings is 2. The molecule has 2 N–H and O–H groups in total. The van der Waals surface area contributed by atoms with E-state index in [1.807, 2.05) is 25.1 Å². The van der Waals surface area contributed by atoms with E-state index in [0.717, 1.165) is 37.4 Å². The number of nitriles is 1. The van der Waals surface area contributed by atoms with Crippen LogP contribution in [0.2, 0.25) is 0 Å². The molecule has 0 radical (unpaired) electrons. The lowest BCUT2D eigenvalue weighted by molar-refractivity contribution is -0.120. The smallest absolute Gasteiger partial charge is 0.254 e. The molecule has 0 aliphatic carbocycles. The summed E-state index contributed by atoms with van der Waals surface area (Å²) < 4.78 is 20.2. The van der Waals surface area contributed by atoms with E-state index in [9.17, 15) is 14.4 Å². The van der Waals surface area contributed by atoms with Crippen LogP contribution in [0.15, 0.2) is 54.7 Å². The number of hydrogen-bond donors (Lipinski definition) is 2. The predicted molar refractivity (Wildman–Crippen MR) is 139 cm³/mol. The number of fused-ring (bicyclic) bond motifs is 1. The molecule has 1 fully saturated rings. The van der Waals surface area contributed by atoms with Gasteiger partial charge in [-0.1, -0.05) is 12.1 Å². The number of likely N-dealkylation sites (N-methyl/N-ethyl adjacent to an activating group) is 1. The summed E-state index contributed by atoms with van der Waals surface area (Å²) in [7, 11) is 2.13. The summed E-state index contributed by atoms with van der Waals surface area (Å²) in [5, 5.41) is 15.7. The minimum atomic E-state index is -1.43. The first-order chi connectivity index (χ1) is 18.0. The maximum absolute atomic E-state index is 14.5. The first-order valence-corrected chi connectivity index (χ1v) is 12.4. The van der Waals surface area contributed by atoms with Crippen LogP contribution in [-0.2, 0) is 16.9 Å². The quantitative estimate of drug-likeness (QED) is 0.515. The van der Waals surface area contributed by atoms with Gasteiger partial charge in [-0.25, -0.2) is 9.37 Å². The summed E-state index contributed by atoms with van der Waals surface area (Å²) in [5.74, 6) is -0.776. The maximum Gasteiger partial charge on any atom is 0.254 e. The van der Waals surface area contributed by atoms with Crippen molar-refractivity contribution in [2.75, 3.05) is 50.1 Å². The molecule has 3 heterocycles. The third-order valence-corrected chi connectivity index (χ3v) is 7.04. The highest BCUT2D eigenvalue weighted by atomic mass is 19.1. The molecule has 1 aromatic heterocycles. The SMILES string of the molecule is CCOc1ncccc1C1(NCc2ccc(N3CCN(C)CC3)cc2)C(=O)Nc2cc(F)c(C#N)cc21. The summed E-state index contributed by atoms with van der Waals surface area (Å²) in [4.78, 5) is 22.7. The van der Waals surface area contributed by atoms with Crippen LogP contribution in [0.5, 0.6) is 5.88 Å². The van der Waals surface area contributed by atoms with Crippen molar-refractivity contribution >= 4 is 17.3 Å². The normalized spacial score (nSPS) is 19.3. The van der Waals surface area contributed by atoms with Crippen molar-refractivity contribution in [3.05, 3.63) is 82.8 Å². The van der Waals surface area contributed by atoms with E-state index in [1.54, 1.807) is 18.3 Å². The van der Waals surface area contributed by atoms with Crippen LogP contribution in [0, 0.1) is 17.1 Å². The van der Waals surface area contributed by atoms with E-state index < -0.39 is 11.4 Å².